The molecule has 1 atom stereocenters. The van der Waals surface area contributed by atoms with Crippen molar-refractivity contribution in [3.05, 3.63) is 29.9 Å². The highest BCUT2D eigenvalue weighted by atomic mass is 19.1. The first-order valence-electron chi connectivity index (χ1n) is 6.96. The number of nitrogens with zero attached hydrogens (tertiary/aromatic N) is 2. The molecule has 1 aliphatic rings. The van der Waals surface area contributed by atoms with E-state index in [1.807, 2.05) is 0 Å². The summed E-state index contributed by atoms with van der Waals surface area (Å²) in [6, 6.07) is 4.37. The van der Waals surface area contributed by atoms with E-state index in [9.17, 15) is 9.50 Å². The Bertz CT molecular complexity index is 613. The Kier molecular flexibility index (Phi) is 3.48. The Morgan fingerprint density at radius 1 is 1.50 bits per heavy atom. The Labute approximate surface area is 117 Å². The van der Waals surface area contributed by atoms with Crippen molar-refractivity contribution in [2.24, 2.45) is 5.41 Å². The summed E-state index contributed by atoms with van der Waals surface area (Å²) in [5.41, 5.74) is 1.13. The summed E-state index contributed by atoms with van der Waals surface area (Å²) in [7, 11) is 0. The normalized spacial score (nSPS) is 24.4. The lowest BCUT2D eigenvalue weighted by Crippen LogP contribution is -2.43. The summed E-state index contributed by atoms with van der Waals surface area (Å²) < 4.78 is 18.8. The largest absolute Gasteiger partial charge is 0.439 e. The van der Waals surface area contributed by atoms with Gasteiger partial charge in [-0.2, -0.15) is 0 Å². The topological polar surface area (TPSA) is 49.5 Å². The number of benzene rings is 1. The number of hydrogen-bond acceptors (Lipinski definition) is 4. The van der Waals surface area contributed by atoms with E-state index in [4.69, 9.17) is 4.42 Å². The van der Waals surface area contributed by atoms with Crippen LogP contribution in [-0.2, 0) is 6.54 Å². The molecule has 1 fully saturated rings. The lowest BCUT2D eigenvalue weighted by Gasteiger charge is -2.38. The molecule has 1 aromatic heterocycles. The second kappa shape index (κ2) is 5.14. The van der Waals surface area contributed by atoms with Crippen LogP contribution < -0.4 is 0 Å². The molecule has 2 aromatic rings. The lowest BCUT2D eigenvalue weighted by molar-refractivity contribution is 0.0393. The molecule has 0 bridgehead atoms. The molecular formula is C15H19FN2O2. The van der Waals surface area contributed by atoms with Crippen molar-refractivity contribution in [1.29, 1.82) is 0 Å². The van der Waals surface area contributed by atoms with E-state index in [1.54, 1.807) is 6.07 Å². The molecule has 0 spiro atoms. The molecule has 1 aromatic carbocycles. The second-order valence-corrected chi connectivity index (χ2v) is 6.00. The molecule has 1 N–H and O–H groups in total. The zero-order valence-electron chi connectivity index (χ0n) is 11.6. The maximum Gasteiger partial charge on any atom is 0.209 e. The highest BCUT2D eigenvalue weighted by Gasteiger charge is 2.30. The van der Waals surface area contributed by atoms with Gasteiger partial charge in [0.2, 0.25) is 5.89 Å². The average Bonchev–Trinajstić information content (AvgIpc) is 2.80. The summed E-state index contributed by atoms with van der Waals surface area (Å²) >= 11 is 0. The third-order valence-electron chi connectivity index (χ3n) is 3.99. The minimum atomic E-state index is -0.303. The van der Waals surface area contributed by atoms with Crippen molar-refractivity contribution in [3.63, 3.8) is 0 Å². The average molecular weight is 278 g/mol. The van der Waals surface area contributed by atoms with Gasteiger partial charge in [-0.3, -0.25) is 4.90 Å². The Hall–Kier alpha value is -1.46. The highest BCUT2D eigenvalue weighted by Crippen LogP contribution is 2.29. The molecule has 20 heavy (non-hydrogen) atoms. The van der Waals surface area contributed by atoms with Gasteiger partial charge in [0.05, 0.1) is 6.54 Å². The van der Waals surface area contributed by atoms with Gasteiger partial charge in [-0.05, 0) is 31.5 Å². The first kappa shape index (κ1) is 13.5. The van der Waals surface area contributed by atoms with Crippen LogP contribution in [0.4, 0.5) is 4.39 Å². The van der Waals surface area contributed by atoms with Crippen LogP contribution in [0.15, 0.2) is 22.6 Å². The zero-order chi connectivity index (χ0) is 14.2. The third kappa shape index (κ3) is 2.69. The van der Waals surface area contributed by atoms with E-state index in [1.165, 1.54) is 12.1 Å². The van der Waals surface area contributed by atoms with Gasteiger partial charge in [-0.15, -0.1) is 0 Å². The Morgan fingerprint density at radius 2 is 2.35 bits per heavy atom. The van der Waals surface area contributed by atoms with Gasteiger partial charge in [0, 0.05) is 24.6 Å². The standard InChI is InChI=1S/C15H19FN2O2/c1-15(10-19)5-2-6-18(9-15)8-14-17-12-7-11(16)3-4-13(12)20-14/h3-4,7,19H,2,5-6,8-10H2,1H3. The summed E-state index contributed by atoms with van der Waals surface area (Å²) in [5, 5.41) is 9.47. The first-order chi connectivity index (χ1) is 9.58. The summed E-state index contributed by atoms with van der Waals surface area (Å²) in [5.74, 6) is 0.302. The van der Waals surface area contributed by atoms with Crippen LogP contribution >= 0.6 is 0 Å². The molecule has 2 heterocycles. The quantitative estimate of drug-likeness (QED) is 0.937. The van der Waals surface area contributed by atoms with Crippen LogP contribution in [0, 0.1) is 11.2 Å². The van der Waals surface area contributed by atoms with Crippen LogP contribution in [0.2, 0.25) is 0 Å². The summed E-state index contributed by atoms with van der Waals surface area (Å²) in [6.07, 6.45) is 2.10. The number of rotatable bonds is 3. The number of fused-ring (bicyclic) bond motifs is 1. The van der Waals surface area contributed by atoms with Crippen molar-refractivity contribution in [2.45, 2.75) is 26.3 Å². The van der Waals surface area contributed by atoms with Gasteiger partial charge < -0.3 is 9.52 Å². The van der Waals surface area contributed by atoms with Gasteiger partial charge in [0.1, 0.15) is 11.3 Å². The molecule has 0 saturated carbocycles. The monoisotopic (exact) mass is 278 g/mol. The van der Waals surface area contributed by atoms with E-state index >= 15 is 0 Å². The molecule has 1 unspecified atom stereocenters. The number of halogens is 1. The number of piperidine rings is 1. The van der Waals surface area contributed by atoms with E-state index in [2.05, 4.69) is 16.8 Å². The number of aliphatic hydroxyl groups is 1. The van der Waals surface area contributed by atoms with Crippen LogP contribution in [0.25, 0.3) is 11.1 Å². The molecule has 108 valence electrons. The molecule has 3 rings (SSSR count). The maximum atomic E-state index is 13.1. The first-order valence-corrected chi connectivity index (χ1v) is 6.96. The molecule has 0 amide bonds. The predicted octanol–water partition coefficient (Wildman–Crippen LogP) is 2.56. The summed E-state index contributed by atoms with van der Waals surface area (Å²) in [4.78, 5) is 6.57. The molecule has 1 aliphatic heterocycles. The van der Waals surface area contributed by atoms with Gasteiger partial charge in [-0.25, -0.2) is 9.37 Å². The number of likely N-dealkylation sites (tertiary alicyclic amines) is 1. The summed E-state index contributed by atoms with van der Waals surface area (Å²) in [6.45, 7) is 4.70. The number of aliphatic hydroxyl groups excluding tert-OH is 1. The van der Waals surface area contributed by atoms with Crippen molar-refractivity contribution in [2.75, 3.05) is 19.7 Å². The Morgan fingerprint density at radius 3 is 3.15 bits per heavy atom. The van der Waals surface area contributed by atoms with E-state index in [0.717, 1.165) is 25.9 Å². The van der Waals surface area contributed by atoms with Crippen LogP contribution in [0.1, 0.15) is 25.7 Å². The van der Waals surface area contributed by atoms with Crippen LogP contribution in [0.3, 0.4) is 0 Å². The SMILES string of the molecule is CC1(CO)CCCN(Cc2nc3cc(F)ccc3o2)C1. The number of aromatic nitrogens is 1. The highest BCUT2D eigenvalue weighted by molar-refractivity contribution is 5.72. The van der Waals surface area contributed by atoms with Crippen molar-refractivity contribution in [3.8, 4) is 0 Å². The van der Waals surface area contributed by atoms with Crippen molar-refractivity contribution in [1.82, 2.24) is 9.88 Å². The number of hydrogen-bond donors (Lipinski definition) is 1. The minimum Gasteiger partial charge on any atom is -0.439 e. The molecule has 0 radical (unpaired) electrons. The van der Waals surface area contributed by atoms with E-state index in [0.29, 0.717) is 23.5 Å². The van der Waals surface area contributed by atoms with Crippen LogP contribution in [0.5, 0.6) is 0 Å². The molecule has 4 nitrogen and oxygen atoms in total. The fourth-order valence-corrected chi connectivity index (χ4v) is 2.90. The molecular weight excluding hydrogens is 259 g/mol. The van der Waals surface area contributed by atoms with Crippen LogP contribution in [-0.4, -0.2) is 34.7 Å². The smallest absolute Gasteiger partial charge is 0.209 e. The lowest BCUT2D eigenvalue weighted by atomic mass is 9.83. The fourth-order valence-electron chi connectivity index (χ4n) is 2.90. The van der Waals surface area contributed by atoms with Crippen molar-refractivity contribution < 1.29 is 13.9 Å². The van der Waals surface area contributed by atoms with E-state index in [-0.39, 0.29) is 17.8 Å². The van der Waals surface area contributed by atoms with Gasteiger partial charge in [-0.1, -0.05) is 6.92 Å². The van der Waals surface area contributed by atoms with Gasteiger partial charge in [0.25, 0.3) is 0 Å². The maximum absolute atomic E-state index is 13.1. The van der Waals surface area contributed by atoms with Gasteiger partial charge in [0.15, 0.2) is 5.58 Å². The second-order valence-electron chi connectivity index (χ2n) is 6.00. The van der Waals surface area contributed by atoms with Crippen molar-refractivity contribution >= 4 is 11.1 Å². The molecule has 0 aliphatic carbocycles. The molecule has 1 saturated heterocycles. The zero-order valence-corrected chi connectivity index (χ0v) is 11.6. The fraction of sp³-hybridized carbons (Fsp3) is 0.533. The Balaban J connectivity index is 1.75. The predicted molar refractivity (Wildman–Crippen MR) is 73.7 cm³/mol. The van der Waals surface area contributed by atoms with E-state index < -0.39 is 0 Å². The number of oxazole rings is 1. The molecule has 5 heteroatoms. The minimum absolute atomic E-state index is 0.0453. The van der Waals surface area contributed by atoms with Gasteiger partial charge >= 0.3 is 0 Å². The third-order valence-corrected chi connectivity index (χ3v) is 3.99.